The minimum Gasteiger partial charge on any atom is -0.496 e. The Kier molecular flexibility index (Phi) is 5.51. The van der Waals surface area contributed by atoms with Crippen LogP contribution < -0.4 is 14.9 Å². The number of aryl methyl sites for hydroxylation is 1. The van der Waals surface area contributed by atoms with Crippen molar-refractivity contribution in [1.29, 1.82) is 0 Å². The molecule has 28 heavy (non-hydrogen) atoms. The van der Waals surface area contributed by atoms with Gasteiger partial charge in [-0.25, -0.2) is 5.43 Å². The van der Waals surface area contributed by atoms with E-state index in [1.165, 1.54) is 18.2 Å². The number of nitrogens with one attached hydrogen (secondary N) is 1. The van der Waals surface area contributed by atoms with Crippen LogP contribution in [0.1, 0.15) is 29.7 Å². The van der Waals surface area contributed by atoms with Crippen molar-refractivity contribution >= 4 is 5.69 Å². The van der Waals surface area contributed by atoms with Crippen molar-refractivity contribution in [2.24, 2.45) is 0 Å². The third kappa shape index (κ3) is 3.63. The second kappa shape index (κ2) is 7.85. The van der Waals surface area contributed by atoms with E-state index < -0.39 is 4.92 Å². The van der Waals surface area contributed by atoms with E-state index in [-0.39, 0.29) is 24.3 Å². The third-order valence-corrected chi connectivity index (χ3v) is 4.80. The van der Waals surface area contributed by atoms with Gasteiger partial charge in [0, 0.05) is 18.7 Å². The summed E-state index contributed by atoms with van der Waals surface area (Å²) in [5.74, 6) is 0.710. The Balaban J connectivity index is 1.81. The summed E-state index contributed by atoms with van der Waals surface area (Å²) < 4.78 is 25.0. The van der Waals surface area contributed by atoms with E-state index in [1.54, 1.807) is 32.2 Å². The second-order valence-corrected chi connectivity index (χ2v) is 6.62. The molecule has 148 valence electrons. The molecule has 1 N–H and O–H groups in total. The molecule has 8 heteroatoms. The quantitative estimate of drug-likeness (QED) is 0.455. The molecule has 1 atom stereocenters. The molecule has 0 aliphatic carbocycles. The summed E-state index contributed by atoms with van der Waals surface area (Å²) in [4.78, 5) is 10.8. The van der Waals surface area contributed by atoms with Gasteiger partial charge in [0.05, 0.1) is 18.1 Å². The van der Waals surface area contributed by atoms with Crippen molar-refractivity contribution in [3.63, 3.8) is 0 Å². The largest absolute Gasteiger partial charge is 0.496 e. The van der Waals surface area contributed by atoms with Gasteiger partial charge in [-0.2, -0.15) is 4.39 Å². The molecular weight excluding hydrogens is 365 g/mol. The van der Waals surface area contributed by atoms with Crippen LogP contribution in [0.4, 0.5) is 10.1 Å². The minimum atomic E-state index is -0.455. The number of hydrogen-bond acceptors (Lipinski definition) is 6. The zero-order chi connectivity index (χ0) is 20.4. The molecule has 0 amide bonds. The fourth-order valence-electron chi connectivity index (χ4n) is 3.28. The van der Waals surface area contributed by atoms with Crippen LogP contribution in [0, 0.1) is 17.0 Å². The first-order chi connectivity index (χ1) is 13.3. The lowest BCUT2D eigenvalue weighted by molar-refractivity contribution is -0.385. The number of methoxy groups -OCH3 is 1. The molecule has 1 aliphatic heterocycles. The van der Waals surface area contributed by atoms with Gasteiger partial charge in [0.2, 0.25) is 5.95 Å². The summed E-state index contributed by atoms with van der Waals surface area (Å²) >= 11 is 0. The van der Waals surface area contributed by atoms with Crippen LogP contribution in [0.2, 0.25) is 0 Å². The lowest BCUT2D eigenvalue weighted by atomic mass is 9.99. The van der Waals surface area contributed by atoms with Crippen molar-refractivity contribution in [1.82, 2.24) is 10.4 Å². The minimum absolute atomic E-state index is 0.00150. The Hall–Kier alpha value is -3.13. The Morgan fingerprint density at radius 1 is 1.25 bits per heavy atom. The fraction of sp³-hybridized carbons (Fsp3) is 0.300. The highest BCUT2D eigenvalue weighted by Crippen LogP contribution is 2.34. The van der Waals surface area contributed by atoms with Gasteiger partial charge in [0.25, 0.3) is 5.69 Å². The summed E-state index contributed by atoms with van der Waals surface area (Å²) in [5.41, 5.74) is 5.75. The maximum absolute atomic E-state index is 14.0. The maximum Gasteiger partial charge on any atom is 0.279 e. The van der Waals surface area contributed by atoms with Gasteiger partial charge in [0.1, 0.15) is 23.7 Å². The normalized spacial score (nSPS) is 16.5. The van der Waals surface area contributed by atoms with Crippen molar-refractivity contribution < 1.29 is 18.8 Å². The van der Waals surface area contributed by atoms with Gasteiger partial charge in [-0.15, -0.1) is 0 Å². The van der Waals surface area contributed by atoms with Crippen LogP contribution >= 0.6 is 0 Å². The summed E-state index contributed by atoms with van der Waals surface area (Å²) in [5, 5.41) is 12.7. The molecule has 7 nitrogen and oxygen atoms in total. The first kappa shape index (κ1) is 19.6. The number of nitrogens with zero attached hydrogens (tertiary/aromatic N) is 2. The average molecular weight is 387 g/mol. The summed E-state index contributed by atoms with van der Waals surface area (Å²) in [7, 11) is 3.09. The smallest absolute Gasteiger partial charge is 0.279 e. The van der Waals surface area contributed by atoms with Crippen molar-refractivity contribution in [3.05, 3.63) is 74.7 Å². The molecule has 2 aromatic carbocycles. The van der Waals surface area contributed by atoms with Crippen LogP contribution in [0.15, 0.2) is 47.9 Å². The molecule has 1 unspecified atom stereocenters. The average Bonchev–Trinajstić information content (AvgIpc) is 2.94. The Morgan fingerprint density at radius 2 is 2.00 bits per heavy atom. The fourth-order valence-corrected chi connectivity index (χ4v) is 3.28. The van der Waals surface area contributed by atoms with Crippen LogP contribution in [0.3, 0.4) is 0 Å². The molecule has 0 radical (unpaired) electrons. The number of nitro groups is 1. The third-order valence-electron chi connectivity index (χ3n) is 4.80. The Labute approximate surface area is 162 Å². The van der Waals surface area contributed by atoms with Crippen molar-refractivity contribution in [2.75, 3.05) is 14.2 Å². The van der Waals surface area contributed by atoms with Crippen LogP contribution in [0.5, 0.6) is 11.5 Å². The highest BCUT2D eigenvalue weighted by Gasteiger charge is 2.28. The predicted octanol–water partition coefficient (Wildman–Crippen LogP) is 4.18. The van der Waals surface area contributed by atoms with E-state index in [4.69, 9.17) is 9.47 Å². The number of ether oxygens (including phenoxy) is 2. The van der Waals surface area contributed by atoms with E-state index in [2.05, 4.69) is 5.43 Å². The number of nitro benzene ring substituents is 1. The second-order valence-electron chi connectivity index (χ2n) is 6.62. The SMILES string of the molecule is COc1cccc([N+](=O)[O-])c1COc1ccc(C2NN(C)C(F)=C2C)cc1C. The summed E-state index contributed by atoms with van der Waals surface area (Å²) in [6, 6.07) is 9.97. The van der Waals surface area contributed by atoms with E-state index in [1.807, 2.05) is 19.1 Å². The molecule has 0 saturated heterocycles. The number of rotatable bonds is 6. The van der Waals surface area contributed by atoms with Crippen LogP contribution in [-0.2, 0) is 6.61 Å². The van der Waals surface area contributed by atoms with E-state index in [0.29, 0.717) is 22.6 Å². The molecule has 2 aromatic rings. The molecule has 3 rings (SSSR count). The van der Waals surface area contributed by atoms with Gasteiger partial charge in [-0.1, -0.05) is 18.2 Å². The molecule has 1 heterocycles. The lowest BCUT2D eigenvalue weighted by Crippen LogP contribution is -2.29. The number of benzene rings is 2. The number of hydrogen-bond donors (Lipinski definition) is 1. The summed E-state index contributed by atoms with van der Waals surface area (Å²) in [6.45, 7) is 3.62. The molecular formula is C20H22FN3O4. The Morgan fingerprint density at radius 3 is 2.57 bits per heavy atom. The lowest BCUT2D eigenvalue weighted by Gasteiger charge is -2.18. The molecule has 0 fully saturated rings. The maximum atomic E-state index is 14.0. The molecule has 0 aromatic heterocycles. The van der Waals surface area contributed by atoms with Gasteiger partial charge in [-0.3, -0.25) is 15.1 Å². The topological polar surface area (TPSA) is 76.9 Å². The van der Waals surface area contributed by atoms with E-state index in [0.717, 1.165) is 11.1 Å². The molecule has 0 saturated carbocycles. The summed E-state index contributed by atoms with van der Waals surface area (Å²) in [6.07, 6.45) is 0. The van der Waals surface area contributed by atoms with E-state index >= 15 is 0 Å². The number of hydrazine groups is 1. The highest BCUT2D eigenvalue weighted by atomic mass is 19.1. The molecule has 0 spiro atoms. The van der Waals surface area contributed by atoms with Gasteiger partial charge in [0.15, 0.2) is 0 Å². The number of halogens is 1. The zero-order valence-electron chi connectivity index (χ0n) is 16.2. The highest BCUT2D eigenvalue weighted by molar-refractivity contribution is 5.49. The molecule has 0 bridgehead atoms. The van der Waals surface area contributed by atoms with Gasteiger partial charge < -0.3 is 9.47 Å². The first-order valence-electron chi connectivity index (χ1n) is 8.73. The molecule has 1 aliphatic rings. The van der Waals surface area contributed by atoms with Gasteiger partial charge in [-0.05, 0) is 37.1 Å². The Bertz CT molecular complexity index is 945. The van der Waals surface area contributed by atoms with Crippen molar-refractivity contribution in [2.45, 2.75) is 26.5 Å². The zero-order valence-corrected chi connectivity index (χ0v) is 16.2. The standard InChI is InChI=1S/C20H22FN3O4/c1-12-10-14(19-13(2)20(21)23(3)22-19)8-9-17(12)28-11-15-16(24(25)26)6-5-7-18(15)27-4/h5-10,19,22H,11H2,1-4H3. The predicted molar refractivity (Wildman–Crippen MR) is 103 cm³/mol. The van der Waals surface area contributed by atoms with Crippen LogP contribution in [0.25, 0.3) is 0 Å². The van der Waals surface area contributed by atoms with Gasteiger partial charge >= 0.3 is 0 Å². The first-order valence-corrected chi connectivity index (χ1v) is 8.73. The van der Waals surface area contributed by atoms with Crippen molar-refractivity contribution in [3.8, 4) is 11.5 Å². The monoisotopic (exact) mass is 387 g/mol. The van der Waals surface area contributed by atoms with Crippen LogP contribution in [-0.4, -0.2) is 24.1 Å². The van der Waals surface area contributed by atoms with E-state index in [9.17, 15) is 14.5 Å².